The van der Waals surface area contributed by atoms with E-state index in [-0.39, 0.29) is 5.75 Å². The average Bonchev–Trinajstić information content (AvgIpc) is 3.19. The SMILES string of the molecule is CCOc1cccc(CNC(=NC)NCCCCN2CCCC2)c1OC(F)F. The van der Waals surface area contributed by atoms with Gasteiger partial charge in [-0.15, -0.1) is 0 Å². The van der Waals surface area contributed by atoms with Crippen molar-refractivity contribution in [2.24, 2.45) is 4.99 Å². The maximum Gasteiger partial charge on any atom is 0.387 e. The van der Waals surface area contributed by atoms with Gasteiger partial charge < -0.3 is 25.0 Å². The molecule has 6 nitrogen and oxygen atoms in total. The summed E-state index contributed by atoms with van der Waals surface area (Å²) in [5.74, 6) is 1.01. The molecule has 0 radical (unpaired) electrons. The molecule has 0 amide bonds. The van der Waals surface area contributed by atoms with Gasteiger partial charge in [-0.05, 0) is 58.3 Å². The number of para-hydroxylation sites is 1. The van der Waals surface area contributed by atoms with Crippen molar-refractivity contribution >= 4 is 5.96 Å². The van der Waals surface area contributed by atoms with Crippen molar-refractivity contribution in [1.29, 1.82) is 0 Å². The minimum atomic E-state index is -2.91. The minimum Gasteiger partial charge on any atom is -0.490 e. The molecular formula is C20H32F2N4O2. The molecule has 28 heavy (non-hydrogen) atoms. The van der Waals surface area contributed by atoms with Crippen LogP contribution in [-0.2, 0) is 6.54 Å². The van der Waals surface area contributed by atoms with E-state index in [1.807, 2.05) is 0 Å². The van der Waals surface area contributed by atoms with Crippen LogP contribution in [0.3, 0.4) is 0 Å². The van der Waals surface area contributed by atoms with E-state index in [0.717, 1.165) is 25.9 Å². The fourth-order valence-corrected chi connectivity index (χ4v) is 3.27. The first-order valence-corrected chi connectivity index (χ1v) is 10.0. The Bertz CT molecular complexity index is 608. The van der Waals surface area contributed by atoms with E-state index in [9.17, 15) is 8.78 Å². The Balaban J connectivity index is 1.80. The highest BCUT2D eigenvalue weighted by Gasteiger charge is 2.16. The summed E-state index contributed by atoms with van der Waals surface area (Å²) in [5.41, 5.74) is 0.586. The number of halogens is 2. The number of hydrogen-bond acceptors (Lipinski definition) is 4. The molecule has 0 bridgehead atoms. The molecular weight excluding hydrogens is 366 g/mol. The van der Waals surface area contributed by atoms with Crippen LogP contribution in [0.1, 0.15) is 38.2 Å². The Morgan fingerprint density at radius 2 is 2.00 bits per heavy atom. The van der Waals surface area contributed by atoms with Gasteiger partial charge in [-0.1, -0.05) is 12.1 Å². The van der Waals surface area contributed by atoms with Gasteiger partial charge in [0, 0.05) is 25.7 Å². The Hall–Kier alpha value is -2.09. The van der Waals surface area contributed by atoms with Crippen LogP contribution in [0.5, 0.6) is 11.5 Å². The molecule has 1 aromatic rings. The maximum absolute atomic E-state index is 12.8. The lowest BCUT2D eigenvalue weighted by molar-refractivity contribution is -0.0520. The Kier molecular flexibility index (Phi) is 9.82. The van der Waals surface area contributed by atoms with E-state index in [1.165, 1.54) is 25.9 Å². The van der Waals surface area contributed by atoms with E-state index in [0.29, 0.717) is 30.4 Å². The highest BCUT2D eigenvalue weighted by Crippen LogP contribution is 2.32. The van der Waals surface area contributed by atoms with Gasteiger partial charge in [-0.2, -0.15) is 8.78 Å². The summed E-state index contributed by atoms with van der Waals surface area (Å²) in [5, 5.41) is 6.41. The number of ether oxygens (including phenoxy) is 2. The molecule has 1 aromatic carbocycles. The lowest BCUT2D eigenvalue weighted by Gasteiger charge is -2.17. The first-order chi connectivity index (χ1) is 13.6. The van der Waals surface area contributed by atoms with Crippen LogP contribution >= 0.6 is 0 Å². The first-order valence-electron chi connectivity index (χ1n) is 10.0. The van der Waals surface area contributed by atoms with Crippen LogP contribution in [-0.4, -0.2) is 57.3 Å². The second-order valence-corrected chi connectivity index (χ2v) is 6.66. The van der Waals surface area contributed by atoms with E-state index >= 15 is 0 Å². The maximum atomic E-state index is 12.8. The molecule has 0 atom stereocenters. The van der Waals surface area contributed by atoms with E-state index in [4.69, 9.17) is 9.47 Å². The summed E-state index contributed by atoms with van der Waals surface area (Å²) in [6.45, 7) is 3.97. The monoisotopic (exact) mass is 398 g/mol. The number of unbranched alkanes of at least 4 members (excludes halogenated alkanes) is 1. The van der Waals surface area contributed by atoms with Crippen molar-refractivity contribution in [1.82, 2.24) is 15.5 Å². The Morgan fingerprint density at radius 1 is 1.21 bits per heavy atom. The number of alkyl halides is 2. The summed E-state index contributed by atoms with van der Waals surface area (Å²) in [4.78, 5) is 6.69. The fourth-order valence-electron chi connectivity index (χ4n) is 3.27. The summed E-state index contributed by atoms with van der Waals surface area (Å²) in [7, 11) is 1.69. The third-order valence-corrected chi connectivity index (χ3v) is 4.63. The molecule has 1 saturated heterocycles. The van der Waals surface area contributed by atoms with Crippen molar-refractivity contribution in [2.45, 2.75) is 45.8 Å². The number of aliphatic imine (C=N–C) groups is 1. The number of nitrogens with one attached hydrogen (secondary N) is 2. The van der Waals surface area contributed by atoms with Gasteiger partial charge in [0.1, 0.15) is 0 Å². The van der Waals surface area contributed by atoms with Gasteiger partial charge in [0.2, 0.25) is 0 Å². The summed E-state index contributed by atoms with van der Waals surface area (Å²) >= 11 is 0. The molecule has 0 saturated carbocycles. The molecule has 2 rings (SSSR count). The Morgan fingerprint density at radius 3 is 2.68 bits per heavy atom. The van der Waals surface area contributed by atoms with Crippen molar-refractivity contribution < 1.29 is 18.3 Å². The van der Waals surface area contributed by atoms with E-state index in [2.05, 4.69) is 20.5 Å². The van der Waals surface area contributed by atoms with Crippen LogP contribution in [0, 0.1) is 0 Å². The van der Waals surface area contributed by atoms with Crippen molar-refractivity contribution in [3.8, 4) is 11.5 Å². The van der Waals surface area contributed by atoms with Crippen LogP contribution in [0.15, 0.2) is 23.2 Å². The molecule has 1 aliphatic heterocycles. The van der Waals surface area contributed by atoms with Gasteiger partial charge in [-0.25, -0.2) is 0 Å². The lowest BCUT2D eigenvalue weighted by Crippen LogP contribution is -2.37. The minimum absolute atomic E-state index is 0.0629. The van der Waals surface area contributed by atoms with Crippen LogP contribution < -0.4 is 20.1 Å². The second-order valence-electron chi connectivity index (χ2n) is 6.66. The number of benzene rings is 1. The predicted molar refractivity (Wildman–Crippen MR) is 107 cm³/mol. The van der Waals surface area contributed by atoms with Crippen LogP contribution in [0.2, 0.25) is 0 Å². The summed E-state index contributed by atoms with van der Waals surface area (Å²) in [6, 6.07) is 5.11. The molecule has 2 N–H and O–H groups in total. The molecule has 0 aliphatic carbocycles. The molecule has 1 aliphatic rings. The van der Waals surface area contributed by atoms with Gasteiger partial charge in [0.25, 0.3) is 0 Å². The highest BCUT2D eigenvalue weighted by atomic mass is 19.3. The highest BCUT2D eigenvalue weighted by molar-refractivity contribution is 5.79. The summed E-state index contributed by atoms with van der Waals surface area (Å²) in [6.07, 6.45) is 4.83. The van der Waals surface area contributed by atoms with Crippen LogP contribution in [0.25, 0.3) is 0 Å². The molecule has 158 valence electrons. The molecule has 0 aromatic heterocycles. The lowest BCUT2D eigenvalue weighted by atomic mass is 10.2. The largest absolute Gasteiger partial charge is 0.490 e. The third kappa shape index (κ3) is 7.50. The fraction of sp³-hybridized carbons (Fsp3) is 0.650. The predicted octanol–water partition coefficient (Wildman–Crippen LogP) is 3.23. The standard InChI is InChI=1S/C20H32F2N4O2/c1-3-27-17-10-8-9-16(18(17)28-19(21)22)15-25-20(23-2)24-11-4-5-12-26-13-6-7-14-26/h8-10,19H,3-7,11-15H2,1-2H3,(H2,23,24,25). The quantitative estimate of drug-likeness (QED) is 0.341. The van der Waals surface area contributed by atoms with Gasteiger partial charge in [0.15, 0.2) is 17.5 Å². The molecule has 0 unspecified atom stereocenters. The number of hydrogen-bond donors (Lipinski definition) is 2. The molecule has 1 heterocycles. The topological polar surface area (TPSA) is 58.1 Å². The van der Waals surface area contributed by atoms with Crippen molar-refractivity contribution in [3.05, 3.63) is 23.8 Å². The van der Waals surface area contributed by atoms with Gasteiger partial charge >= 0.3 is 6.61 Å². The second kappa shape index (κ2) is 12.4. The van der Waals surface area contributed by atoms with Crippen LogP contribution in [0.4, 0.5) is 8.78 Å². The zero-order valence-electron chi connectivity index (χ0n) is 16.8. The van der Waals surface area contributed by atoms with Crippen molar-refractivity contribution in [3.63, 3.8) is 0 Å². The zero-order chi connectivity index (χ0) is 20.2. The van der Waals surface area contributed by atoms with E-state index in [1.54, 1.807) is 32.2 Å². The average molecular weight is 398 g/mol. The molecule has 0 spiro atoms. The van der Waals surface area contributed by atoms with Crippen molar-refractivity contribution in [2.75, 3.05) is 39.8 Å². The van der Waals surface area contributed by atoms with Gasteiger partial charge in [-0.3, -0.25) is 4.99 Å². The molecule has 8 heteroatoms. The van der Waals surface area contributed by atoms with Gasteiger partial charge in [0.05, 0.1) is 6.61 Å². The Labute approximate surface area is 166 Å². The number of likely N-dealkylation sites (tertiary alicyclic amines) is 1. The normalized spacial score (nSPS) is 15.1. The smallest absolute Gasteiger partial charge is 0.387 e. The summed E-state index contributed by atoms with van der Waals surface area (Å²) < 4.78 is 35.7. The first kappa shape index (κ1) is 22.2. The molecule has 1 fully saturated rings. The third-order valence-electron chi connectivity index (χ3n) is 4.63. The number of rotatable bonds is 11. The van der Waals surface area contributed by atoms with E-state index < -0.39 is 6.61 Å². The number of nitrogens with zero attached hydrogens (tertiary/aromatic N) is 2. The zero-order valence-corrected chi connectivity index (χ0v) is 16.8. The number of guanidine groups is 1.